The van der Waals surface area contributed by atoms with Crippen molar-refractivity contribution in [1.82, 2.24) is 0 Å². The van der Waals surface area contributed by atoms with Crippen LogP contribution in [0.25, 0.3) is 0 Å². The molecule has 0 N–H and O–H groups in total. The Morgan fingerprint density at radius 2 is 1.93 bits per heavy atom. The van der Waals surface area contributed by atoms with Crippen molar-refractivity contribution in [3.8, 4) is 5.75 Å². The molecule has 0 aliphatic heterocycles. The predicted octanol–water partition coefficient (Wildman–Crippen LogP) is 3.47. The number of benzene rings is 1. The van der Waals surface area contributed by atoms with Gasteiger partial charge in [0, 0.05) is 0 Å². The third-order valence-corrected chi connectivity index (χ3v) is 2.25. The van der Waals surface area contributed by atoms with Gasteiger partial charge in [-0.15, -0.1) is 0 Å². The lowest BCUT2D eigenvalue weighted by molar-refractivity contribution is 0.625. The van der Waals surface area contributed by atoms with Crippen molar-refractivity contribution in [2.75, 3.05) is 0 Å². The first-order chi connectivity index (χ1) is 6.74. The second kappa shape index (κ2) is 9.08. The monoisotopic (exact) mass is 208 g/mol. The first kappa shape index (κ1) is 13.5. The van der Waals surface area contributed by atoms with Gasteiger partial charge in [-0.25, -0.2) is 0 Å². The summed E-state index contributed by atoms with van der Waals surface area (Å²) in [5, 5.41) is 0. The number of hydrogen-bond acceptors (Lipinski definition) is 1. The van der Waals surface area contributed by atoms with E-state index in [2.05, 4.69) is 23.3 Å². The van der Waals surface area contributed by atoms with Gasteiger partial charge >= 0.3 is 0 Å². The number of hydrogen-bond donors (Lipinski definition) is 0. The summed E-state index contributed by atoms with van der Waals surface area (Å²) in [7, 11) is 7.48. The van der Waals surface area contributed by atoms with E-state index in [1.54, 1.807) is 0 Å². The quantitative estimate of drug-likeness (QED) is 0.545. The molecule has 1 aromatic carbocycles. The molecule has 0 heterocycles. The summed E-state index contributed by atoms with van der Waals surface area (Å²) in [6, 6.07) is 9.60. The highest BCUT2D eigenvalue weighted by molar-refractivity contribution is 7.10. The van der Waals surface area contributed by atoms with E-state index in [-0.39, 0.29) is 0 Å². The standard InChI is InChI=1S/C6H7OP.C5H11B/c8-7-6-4-2-1-3-5-6;1-3-5(2)4-6/h1-5H,8H2;5H,3-4H2,1-2H3. The van der Waals surface area contributed by atoms with Gasteiger partial charge in [-0.3, -0.25) is 0 Å². The van der Waals surface area contributed by atoms with E-state index in [1.807, 2.05) is 30.3 Å². The highest BCUT2D eigenvalue weighted by atomic mass is 31.0. The molecule has 14 heavy (non-hydrogen) atoms. The molecule has 0 bridgehead atoms. The molecule has 0 saturated carbocycles. The predicted molar refractivity (Wildman–Crippen MR) is 66.8 cm³/mol. The van der Waals surface area contributed by atoms with Crippen LogP contribution >= 0.6 is 9.47 Å². The zero-order valence-corrected chi connectivity index (χ0v) is 10.1. The first-order valence-corrected chi connectivity index (χ1v) is 5.33. The van der Waals surface area contributed by atoms with Crippen LogP contribution in [0.3, 0.4) is 0 Å². The van der Waals surface area contributed by atoms with Gasteiger partial charge in [0.25, 0.3) is 0 Å². The molecule has 1 nitrogen and oxygen atoms in total. The van der Waals surface area contributed by atoms with Gasteiger partial charge in [-0.2, -0.15) is 0 Å². The van der Waals surface area contributed by atoms with Gasteiger partial charge in [0.1, 0.15) is 5.75 Å². The molecule has 0 amide bonds. The van der Waals surface area contributed by atoms with Crippen molar-refractivity contribution in [2.45, 2.75) is 26.6 Å². The fraction of sp³-hybridized carbons (Fsp3) is 0.455. The molecule has 2 radical (unpaired) electrons. The van der Waals surface area contributed by atoms with Crippen LogP contribution in [-0.2, 0) is 0 Å². The van der Waals surface area contributed by atoms with Crippen molar-refractivity contribution < 1.29 is 4.52 Å². The Morgan fingerprint density at radius 1 is 1.36 bits per heavy atom. The van der Waals surface area contributed by atoms with Gasteiger partial charge in [-0.05, 0) is 12.1 Å². The van der Waals surface area contributed by atoms with Crippen LogP contribution in [0.1, 0.15) is 20.3 Å². The molecule has 1 rings (SSSR count). The van der Waals surface area contributed by atoms with E-state index in [0.29, 0.717) is 5.92 Å². The van der Waals surface area contributed by atoms with E-state index in [9.17, 15) is 0 Å². The summed E-state index contributed by atoms with van der Waals surface area (Å²) in [5.41, 5.74) is 0. The molecular weight excluding hydrogens is 190 g/mol. The van der Waals surface area contributed by atoms with E-state index in [1.165, 1.54) is 6.42 Å². The molecular formula is C11H18BOP. The fourth-order valence-corrected chi connectivity index (χ4v) is 0.823. The summed E-state index contributed by atoms with van der Waals surface area (Å²) in [6.07, 6.45) is 2.03. The van der Waals surface area contributed by atoms with Crippen LogP contribution in [0, 0.1) is 5.92 Å². The summed E-state index contributed by atoms with van der Waals surface area (Å²) in [6.45, 7) is 4.30. The molecule has 0 spiro atoms. The van der Waals surface area contributed by atoms with Crippen molar-refractivity contribution >= 4 is 17.3 Å². The van der Waals surface area contributed by atoms with Crippen molar-refractivity contribution in [3.63, 3.8) is 0 Å². The van der Waals surface area contributed by atoms with Gasteiger partial charge in [0.15, 0.2) is 0 Å². The Hall–Kier alpha value is -0.485. The van der Waals surface area contributed by atoms with Crippen molar-refractivity contribution in [1.29, 1.82) is 0 Å². The van der Waals surface area contributed by atoms with Crippen LogP contribution < -0.4 is 4.52 Å². The zero-order chi connectivity index (χ0) is 10.8. The lowest BCUT2D eigenvalue weighted by Gasteiger charge is -1.99. The topological polar surface area (TPSA) is 9.23 Å². The Kier molecular flexibility index (Phi) is 8.77. The normalized spacial score (nSPS) is 11.1. The SMILES string of the molecule is POc1ccccc1.[B]CC(C)CC. The zero-order valence-electron chi connectivity index (χ0n) is 8.94. The minimum absolute atomic E-state index is 0.713. The molecule has 0 aromatic heterocycles. The Bertz CT molecular complexity index is 212. The fourth-order valence-electron chi connectivity index (χ4n) is 0.666. The summed E-state index contributed by atoms with van der Waals surface area (Å²) in [4.78, 5) is 0. The Balaban J connectivity index is 0.000000255. The molecule has 3 heteroatoms. The van der Waals surface area contributed by atoms with Gasteiger partial charge in [0.2, 0.25) is 0 Å². The van der Waals surface area contributed by atoms with Crippen molar-refractivity contribution in [2.24, 2.45) is 5.92 Å². The maximum Gasteiger partial charge on any atom is 0.122 e. The molecule has 0 aliphatic carbocycles. The number of para-hydroxylation sites is 1. The summed E-state index contributed by atoms with van der Waals surface area (Å²) >= 11 is 0. The van der Waals surface area contributed by atoms with Gasteiger partial charge in [-0.1, -0.05) is 50.7 Å². The second-order valence-corrected chi connectivity index (χ2v) is 3.42. The van der Waals surface area contributed by atoms with Crippen LogP contribution in [0.2, 0.25) is 6.32 Å². The van der Waals surface area contributed by atoms with E-state index >= 15 is 0 Å². The van der Waals surface area contributed by atoms with Crippen LogP contribution in [0.5, 0.6) is 5.75 Å². The molecule has 76 valence electrons. The summed E-state index contributed by atoms with van der Waals surface area (Å²) in [5.74, 6) is 1.59. The van der Waals surface area contributed by atoms with E-state index < -0.39 is 0 Å². The van der Waals surface area contributed by atoms with Gasteiger partial charge < -0.3 is 4.52 Å². The molecule has 0 fully saturated rings. The molecule has 2 unspecified atom stereocenters. The van der Waals surface area contributed by atoms with E-state index in [4.69, 9.17) is 12.4 Å². The highest BCUT2D eigenvalue weighted by Crippen LogP contribution is 2.09. The lowest BCUT2D eigenvalue weighted by Crippen LogP contribution is -1.87. The van der Waals surface area contributed by atoms with Gasteiger partial charge in [0.05, 0.1) is 17.3 Å². The van der Waals surface area contributed by atoms with E-state index in [0.717, 1.165) is 12.1 Å². The minimum atomic E-state index is 0.713. The molecule has 1 aromatic rings. The van der Waals surface area contributed by atoms with Crippen LogP contribution in [-0.4, -0.2) is 7.85 Å². The smallest absolute Gasteiger partial charge is 0.122 e. The maximum absolute atomic E-state index is 5.28. The third-order valence-electron chi connectivity index (χ3n) is 1.98. The van der Waals surface area contributed by atoms with Crippen LogP contribution in [0.15, 0.2) is 30.3 Å². The Morgan fingerprint density at radius 3 is 2.14 bits per heavy atom. The highest BCUT2D eigenvalue weighted by Gasteiger charge is 1.88. The first-order valence-electron chi connectivity index (χ1n) is 4.86. The third kappa shape index (κ3) is 6.97. The maximum atomic E-state index is 5.28. The average Bonchev–Trinajstić information content (AvgIpc) is 2.30. The largest absolute Gasteiger partial charge is 0.480 e. The molecule has 0 aliphatic rings. The van der Waals surface area contributed by atoms with Crippen LogP contribution in [0.4, 0.5) is 0 Å². The lowest BCUT2D eigenvalue weighted by atomic mass is 9.91. The minimum Gasteiger partial charge on any atom is -0.480 e. The molecule has 2 atom stereocenters. The number of rotatable bonds is 3. The van der Waals surface area contributed by atoms with Crippen molar-refractivity contribution in [3.05, 3.63) is 30.3 Å². The Labute approximate surface area is 90.9 Å². The average molecular weight is 208 g/mol. The second-order valence-electron chi connectivity index (χ2n) is 3.18. The molecule has 0 saturated heterocycles. The summed E-state index contributed by atoms with van der Waals surface area (Å²) < 4.78 is 4.83.